The molecule has 11 heteroatoms. The number of sulfonamides is 1. The molecule has 1 saturated carbocycles. The summed E-state index contributed by atoms with van der Waals surface area (Å²) in [5.74, 6) is 1.38. The van der Waals surface area contributed by atoms with Crippen molar-refractivity contribution in [3.8, 4) is 0 Å². The van der Waals surface area contributed by atoms with E-state index in [1.54, 1.807) is 7.05 Å². The summed E-state index contributed by atoms with van der Waals surface area (Å²) in [5, 5.41) is 6.45. The van der Waals surface area contributed by atoms with E-state index in [0.29, 0.717) is 23.1 Å². The molecular weight excluding hydrogens is 496 g/mol. The monoisotopic (exact) mass is 526 g/mol. The van der Waals surface area contributed by atoms with Crippen LogP contribution in [0, 0.1) is 5.92 Å². The summed E-state index contributed by atoms with van der Waals surface area (Å²) in [6.07, 6.45) is 8.21. The van der Waals surface area contributed by atoms with Crippen LogP contribution in [0.15, 0.2) is 4.99 Å². The van der Waals surface area contributed by atoms with Crippen molar-refractivity contribution in [1.29, 1.82) is 0 Å². The van der Waals surface area contributed by atoms with Crippen LogP contribution in [0.3, 0.4) is 0 Å². The molecule has 160 valence electrons. The van der Waals surface area contributed by atoms with Gasteiger partial charge in [0, 0.05) is 32.7 Å². The van der Waals surface area contributed by atoms with E-state index in [4.69, 9.17) is 0 Å². The van der Waals surface area contributed by atoms with Gasteiger partial charge in [-0.25, -0.2) is 8.42 Å². The Hall–Kier alpha value is -0.300. The summed E-state index contributed by atoms with van der Waals surface area (Å²) in [7, 11) is -3.57. The molecule has 0 aromatic rings. The molecule has 1 aliphatic heterocycles. The van der Waals surface area contributed by atoms with E-state index in [0.717, 1.165) is 18.9 Å². The Bertz CT molecular complexity index is 573. The largest absolute Gasteiger partial charge is 0.511 e. The van der Waals surface area contributed by atoms with Crippen LogP contribution < -0.4 is 10.6 Å². The molecule has 2 rings (SSSR count). The van der Waals surface area contributed by atoms with Gasteiger partial charge in [-0.05, 0) is 25.2 Å². The number of guanidine groups is 1. The maximum absolute atomic E-state index is 12.6. The summed E-state index contributed by atoms with van der Waals surface area (Å²) < 4.78 is 61.2. The van der Waals surface area contributed by atoms with Gasteiger partial charge in [0.25, 0.3) is 0 Å². The lowest BCUT2D eigenvalue weighted by molar-refractivity contribution is -0.0494. The average Bonchev–Trinajstić information content (AvgIpc) is 2.61. The number of halogens is 4. The lowest BCUT2D eigenvalue weighted by Crippen LogP contribution is -2.51. The molecule has 0 atom stereocenters. The number of alkyl halides is 3. The molecule has 0 aromatic heterocycles. The van der Waals surface area contributed by atoms with Gasteiger partial charge >= 0.3 is 15.5 Å². The van der Waals surface area contributed by atoms with E-state index in [-0.39, 0.29) is 43.1 Å². The van der Waals surface area contributed by atoms with Crippen LogP contribution >= 0.6 is 24.0 Å². The summed E-state index contributed by atoms with van der Waals surface area (Å²) in [5.41, 5.74) is -5.23. The van der Waals surface area contributed by atoms with Crippen molar-refractivity contribution >= 4 is 40.0 Å². The fourth-order valence-electron chi connectivity index (χ4n) is 3.65. The minimum atomic E-state index is -5.23. The summed E-state index contributed by atoms with van der Waals surface area (Å²) in [6.45, 7) is 0.531. The van der Waals surface area contributed by atoms with Gasteiger partial charge in [0.05, 0.1) is 0 Å². The van der Waals surface area contributed by atoms with Gasteiger partial charge in [-0.2, -0.15) is 17.5 Å². The zero-order chi connectivity index (χ0) is 19.2. The molecule has 6 nitrogen and oxygen atoms in total. The number of piperidine rings is 1. The van der Waals surface area contributed by atoms with Crippen molar-refractivity contribution in [2.45, 2.75) is 62.9 Å². The second kappa shape index (κ2) is 11.0. The van der Waals surface area contributed by atoms with Gasteiger partial charge in [0.15, 0.2) is 5.96 Å². The van der Waals surface area contributed by atoms with Gasteiger partial charge in [0.2, 0.25) is 0 Å². The van der Waals surface area contributed by atoms with E-state index in [1.807, 2.05) is 0 Å². The molecule has 1 heterocycles. The number of hydrogen-bond acceptors (Lipinski definition) is 3. The first-order valence-corrected chi connectivity index (χ1v) is 10.7. The van der Waals surface area contributed by atoms with Gasteiger partial charge in [-0.15, -0.1) is 24.0 Å². The Morgan fingerprint density at radius 1 is 1.11 bits per heavy atom. The SMILES string of the molecule is CN=C(NCCC1CCCCC1)NC1CCN(S(=O)(=O)C(F)(F)F)CC1.I. The van der Waals surface area contributed by atoms with Crippen LogP contribution in [-0.2, 0) is 10.0 Å². The van der Waals surface area contributed by atoms with Crippen LogP contribution in [0.5, 0.6) is 0 Å². The van der Waals surface area contributed by atoms with Gasteiger partial charge < -0.3 is 10.6 Å². The summed E-state index contributed by atoms with van der Waals surface area (Å²) in [6, 6.07) is -0.0874. The molecule has 0 unspecified atom stereocenters. The molecule has 1 saturated heterocycles. The lowest BCUT2D eigenvalue weighted by atomic mass is 9.87. The van der Waals surface area contributed by atoms with Gasteiger partial charge in [-0.1, -0.05) is 32.1 Å². The molecule has 1 aliphatic carbocycles. The first-order valence-electron chi connectivity index (χ1n) is 9.27. The van der Waals surface area contributed by atoms with Crippen LogP contribution in [0.1, 0.15) is 51.4 Å². The molecule has 27 heavy (non-hydrogen) atoms. The third kappa shape index (κ3) is 7.22. The Labute approximate surface area is 176 Å². The first kappa shape index (κ1) is 24.7. The van der Waals surface area contributed by atoms with Crippen LogP contribution in [0.4, 0.5) is 13.2 Å². The Morgan fingerprint density at radius 2 is 1.70 bits per heavy atom. The minimum absolute atomic E-state index is 0. The van der Waals surface area contributed by atoms with Crippen molar-refractivity contribution in [2.24, 2.45) is 10.9 Å². The van der Waals surface area contributed by atoms with Crippen molar-refractivity contribution in [2.75, 3.05) is 26.7 Å². The van der Waals surface area contributed by atoms with E-state index in [1.165, 1.54) is 32.1 Å². The van der Waals surface area contributed by atoms with E-state index in [9.17, 15) is 21.6 Å². The predicted octanol–water partition coefficient (Wildman–Crippen LogP) is 3.05. The first-order chi connectivity index (χ1) is 12.2. The number of rotatable bonds is 5. The predicted molar refractivity (Wildman–Crippen MR) is 111 cm³/mol. The third-order valence-corrected chi connectivity index (χ3v) is 6.85. The molecule has 2 fully saturated rings. The van der Waals surface area contributed by atoms with Crippen LogP contribution in [0.25, 0.3) is 0 Å². The number of nitrogens with one attached hydrogen (secondary N) is 2. The van der Waals surface area contributed by atoms with Crippen molar-refractivity contribution in [3.63, 3.8) is 0 Å². The maximum atomic E-state index is 12.6. The smallest absolute Gasteiger partial charge is 0.356 e. The average molecular weight is 526 g/mol. The zero-order valence-electron chi connectivity index (χ0n) is 15.6. The number of nitrogens with zero attached hydrogens (tertiary/aromatic N) is 2. The fraction of sp³-hybridized carbons (Fsp3) is 0.938. The molecule has 0 radical (unpaired) electrons. The van der Waals surface area contributed by atoms with Crippen molar-refractivity contribution in [3.05, 3.63) is 0 Å². The van der Waals surface area contributed by atoms with Gasteiger partial charge in [0.1, 0.15) is 0 Å². The van der Waals surface area contributed by atoms with Crippen LogP contribution in [-0.4, -0.2) is 56.9 Å². The Balaban J connectivity index is 0.00000364. The Morgan fingerprint density at radius 3 is 2.22 bits per heavy atom. The topological polar surface area (TPSA) is 73.8 Å². The quantitative estimate of drug-likeness (QED) is 0.328. The number of aliphatic imine (C=N–C) groups is 1. The van der Waals surface area contributed by atoms with Gasteiger partial charge in [-0.3, -0.25) is 4.99 Å². The van der Waals surface area contributed by atoms with E-state index in [2.05, 4.69) is 15.6 Å². The molecule has 2 aliphatic rings. The normalized spacial score (nSPS) is 21.6. The highest BCUT2D eigenvalue weighted by Gasteiger charge is 2.50. The molecule has 0 amide bonds. The zero-order valence-corrected chi connectivity index (χ0v) is 18.7. The molecule has 2 N–H and O–H groups in total. The van der Waals surface area contributed by atoms with Crippen LogP contribution in [0.2, 0.25) is 0 Å². The lowest BCUT2D eigenvalue weighted by Gasteiger charge is -2.32. The standard InChI is InChI=1S/C16H29F3N4O2S.HI/c1-20-15(21-10-7-13-5-3-2-4-6-13)22-14-8-11-23(12-9-14)26(24,25)16(17,18)19;/h13-14H,2-12H2,1H3,(H2,20,21,22);1H. The maximum Gasteiger partial charge on any atom is 0.511 e. The third-order valence-electron chi connectivity index (χ3n) is 5.22. The highest BCUT2D eigenvalue weighted by molar-refractivity contribution is 14.0. The fourth-order valence-corrected chi connectivity index (χ4v) is 4.63. The minimum Gasteiger partial charge on any atom is -0.356 e. The highest BCUT2D eigenvalue weighted by atomic mass is 127. The second-order valence-corrected chi connectivity index (χ2v) is 8.99. The van der Waals surface area contributed by atoms with Crippen molar-refractivity contribution < 1.29 is 21.6 Å². The van der Waals surface area contributed by atoms with Crippen molar-refractivity contribution in [1.82, 2.24) is 14.9 Å². The molecular formula is C16H30F3IN4O2S. The Kier molecular flexibility index (Phi) is 10.1. The van der Waals surface area contributed by atoms with E-state index >= 15 is 0 Å². The molecule has 0 spiro atoms. The second-order valence-electron chi connectivity index (χ2n) is 7.06. The molecule has 0 bridgehead atoms. The van der Waals surface area contributed by atoms with E-state index < -0.39 is 15.5 Å². The molecule has 0 aromatic carbocycles. The summed E-state index contributed by atoms with van der Waals surface area (Å²) in [4.78, 5) is 4.15. The highest BCUT2D eigenvalue weighted by Crippen LogP contribution is 2.29. The summed E-state index contributed by atoms with van der Waals surface area (Å²) >= 11 is 0. The number of hydrogen-bond donors (Lipinski definition) is 2.